The third-order valence-corrected chi connectivity index (χ3v) is 5.80. The lowest BCUT2D eigenvalue weighted by molar-refractivity contribution is -0.193. The van der Waals surface area contributed by atoms with E-state index in [1.807, 2.05) is 20.8 Å². The largest absolute Gasteiger partial charge is 0.466 e. The molecule has 1 fully saturated rings. The predicted molar refractivity (Wildman–Crippen MR) is 147 cm³/mol. The van der Waals surface area contributed by atoms with Gasteiger partial charge in [-0.05, 0) is 58.3 Å². The zero-order valence-electron chi connectivity index (χ0n) is 23.0. The molecule has 0 heterocycles. The minimum atomic E-state index is -0.750. The van der Waals surface area contributed by atoms with Crippen LogP contribution in [-0.2, 0) is 38.2 Å². The van der Waals surface area contributed by atoms with Gasteiger partial charge in [0.05, 0.1) is 24.0 Å². The fraction of sp³-hybridized carbons (Fsp3) is 0.630. The molecule has 2 unspecified atom stereocenters. The Kier molecular flexibility index (Phi) is 29.8. The summed E-state index contributed by atoms with van der Waals surface area (Å²) in [7, 11) is 0. The number of allylic oxidation sites excluding steroid dienone is 3. The van der Waals surface area contributed by atoms with Crippen LogP contribution in [0.5, 0.6) is 0 Å². The van der Waals surface area contributed by atoms with Gasteiger partial charge in [0.25, 0.3) is 0 Å². The number of ether oxygens (including phenoxy) is 2. The van der Waals surface area contributed by atoms with E-state index in [1.165, 1.54) is 5.57 Å². The zero-order chi connectivity index (χ0) is 30.8. The van der Waals surface area contributed by atoms with Crippen molar-refractivity contribution in [1.29, 1.82) is 0 Å². The monoisotopic (exact) mass is 598 g/mol. The SMILES string of the molecule is C=C1CC(CC)(C(=O)OCC)CC1C.C=CCC(CC)(CC=C)C(=O)OCC.ClC(Cl)Cl.O=C=O.O=C=O. The summed E-state index contributed by atoms with van der Waals surface area (Å²) in [5, 5.41) is 0. The van der Waals surface area contributed by atoms with Crippen molar-refractivity contribution in [3.8, 4) is 0 Å². The third kappa shape index (κ3) is 18.9. The molecule has 0 bridgehead atoms. The lowest BCUT2D eigenvalue weighted by atomic mass is 9.79. The number of carbonyl (C=O) groups excluding carboxylic acids is 6. The standard InChI is InChI=1S/2C12H20O2.CHCl3.2CO2/c1-5-12(11(13)14-6-2)7-9(3)10(4)8-12;1-5-9-12(7-3,10-6-2)11(13)14-8-4;2-1(3)4;2*2-1-3/h10H,3,5-8H2,1-2,4H3;5-6H,1-2,7-10H2,3-4H3;1H;;. The summed E-state index contributed by atoms with van der Waals surface area (Å²) in [5.41, 5.74) is 0.478. The van der Waals surface area contributed by atoms with E-state index in [0.717, 1.165) is 25.7 Å². The highest BCUT2D eigenvalue weighted by molar-refractivity contribution is 6.63. The summed E-state index contributed by atoms with van der Waals surface area (Å²) in [6.45, 7) is 22.1. The van der Waals surface area contributed by atoms with Gasteiger partial charge in [0.2, 0.25) is 0 Å². The van der Waals surface area contributed by atoms with Crippen LogP contribution < -0.4 is 0 Å². The second kappa shape index (κ2) is 26.4. The fourth-order valence-corrected chi connectivity index (χ4v) is 3.78. The quantitative estimate of drug-likeness (QED) is 0.152. The molecule has 0 spiro atoms. The Morgan fingerprint density at radius 2 is 1.39 bits per heavy atom. The molecule has 11 heteroatoms. The Labute approximate surface area is 241 Å². The summed E-state index contributed by atoms with van der Waals surface area (Å²) in [6.07, 6.45) is 8.65. The van der Waals surface area contributed by atoms with Crippen molar-refractivity contribution in [2.45, 2.75) is 77.4 Å². The van der Waals surface area contributed by atoms with Crippen molar-refractivity contribution >= 4 is 59.0 Å². The van der Waals surface area contributed by atoms with Crippen LogP contribution in [0, 0.1) is 16.7 Å². The van der Waals surface area contributed by atoms with Gasteiger partial charge in [-0.15, -0.1) is 13.2 Å². The van der Waals surface area contributed by atoms with Crippen LogP contribution in [0.25, 0.3) is 0 Å². The van der Waals surface area contributed by atoms with Gasteiger partial charge in [0, 0.05) is 0 Å². The van der Waals surface area contributed by atoms with Crippen molar-refractivity contribution in [2.75, 3.05) is 13.2 Å². The highest BCUT2D eigenvalue weighted by atomic mass is 35.6. The summed E-state index contributed by atoms with van der Waals surface area (Å²) in [6, 6.07) is 0. The molecule has 1 aliphatic carbocycles. The molecule has 218 valence electrons. The number of halogens is 3. The van der Waals surface area contributed by atoms with Gasteiger partial charge < -0.3 is 9.47 Å². The minimum Gasteiger partial charge on any atom is -0.466 e. The van der Waals surface area contributed by atoms with Crippen molar-refractivity contribution in [3.63, 3.8) is 0 Å². The molecule has 1 saturated carbocycles. The maximum atomic E-state index is 11.8. The van der Waals surface area contributed by atoms with E-state index in [4.69, 9.17) is 63.5 Å². The van der Waals surface area contributed by atoms with E-state index in [9.17, 15) is 9.59 Å². The van der Waals surface area contributed by atoms with E-state index in [2.05, 4.69) is 33.6 Å². The summed E-state index contributed by atoms with van der Waals surface area (Å²) in [4.78, 5) is 56.1. The number of alkyl halides is 3. The van der Waals surface area contributed by atoms with Gasteiger partial charge in [-0.3, -0.25) is 9.59 Å². The van der Waals surface area contributed by atoms with Gasteiger partial charge in [0.15, 0.2) is 4.30 Å². The highest BCUT2D eigenvalue weighted by Crippen LogP contribution is 2.47. The molecule has 0 aliphatic heterocycles. The lowest BCUT2D eigenvalue weighted by Gasteiger charge is -2.27. The highest BCUT2D eigenvalue weighted by Gasteiger charge is 2.45. The summed E-state index contributed by atoms with van der Waals surface area (Å²) in [5.74, 6) is 0.287. The molecular weight excluding hydrogens is 559 g/mol. The van der Waals surface area contributed by atoms with Gasteiger partial charge in [0.1, 0.15) is 0 Å². The first-order valence-electron chi connectivity index (χ1n) is 11.9. The van der Waals surface area contributed by atoms with E-state index in [0.29, 0.717) is 32.0 Å². The van der Waals surface area contributed by atoms with E-state index < -0.39 is 9.71 Å². The first-order chi connectivity index (χ1) is 17.8. The first-order valence-corrected chi connectivity index (χ1v) is 13.2. The van der Waals surface area contributed by atoms with Crippen LogP contribution in [-0.4, -0.2) is 41.8 Å². The molecule has 1 rings (SSSR count). The van der Waals surface area contributed by atoms with E-state index in [-0.39, 0.29) is 29.7 Å². The molecule has 38 heavy (non-hydrogen) atoms. The van der Waals surface area contributed by atoms with Gasteiger partial charge in [-0.25, -0.2) is 0 Å². The van der Waals surface area contributed by atoms with Crippen LogP contribution in [0.2, 0.25) is 0 Å². The summed E-state index contributed by atoms with van der Waals surface area (Å²) < 4.78 is 9.46. The molecular formula is C27H41Cl3O8. The maximum Gasteiger partial charge on any atom is 0.373 e. The van der Waals surface area contributed by atoms with Crippen molar-refractivity contribution in [2.24, 2.45) is 16.7 Å². The van der Waals surface area contributed by atoms with Gasteiger partial charge in [-0.1, -0.05) is 79.9 Å². The van der Waals surface area contributed by atoms with Gasteiger partial charge >= 0.3 is 24.2 Å². The second-order valence-corrected chi connectivity index (χ2v) is 10.0. The zero-order valence-corrected chi connectivity index (χ0v) is 25.3. The number of esters is 2. The Hall–Kier alpha value is -2.21. The Bertz CT molecular complexity index is 746. The third-order valence-electron chi connectivity index (χ3n) is 5.80. The predicted octanol–water partition coefficient (Wildman–Crippen LogP) is 6.85. The topological polar surface area (TPSA) is 121 Å². The molecule has 0 aromatic carbocycles. The smallest absolute Gasteiger partial charge is 0.373 e. The molecule has 0 amide bonds. The lowest BCUT2D eigenvalue weighted by Crippen LogP contribution is -2.31. The van der Waals surface area contributed by atoms with E-state index in [1.54, 1.807) is 12.2 Å². The Morgan fingerprint density at radius 3 is 1.63 bits per heavy atom. The molecule has 0 saturated heterocycles. The van der Waals surface area contributed by atoms with Crippen molar-refractivity contribution in [3.05, 3.63) is 37.5 Å². The number of rotatable bonds is 10. The Morgan fingerprint density at radius 1 is 1.00 bits per heavy atom. The fourth-order valence-electron chi connectivity index (χ4n) is 3.78. The minimum absolute atomic E-state index is 0.0343. The van der Waals surface area contributed by atoms with Crippen LogP contribution >= 0.6 is 34.8 Å². The molecule has 0 N–H and O–H groups in total. The average molecular weight is 600 g/mol. The number of carbonyl (C=O) groups is 2. The number of hydrogen-bond acceptors (Lipinski definition) is 8. The number of hydrogen-bond donors (Lipinski definition) is 0. The normalized spacial score (nSPS) is 17.1. The Balaban J connectivity index is -0.000000226. The molecule has 2 atom stereocenters. The van der Waals surface area contributed by atoms with Crippen LogP contribution in [0.4, 0.5) is 0 Å². The van der Waals surface area contributed by atoms with Crippen LogP contribution in [0.15, 0.2) is 37.5 Å². The molecule has 1 aliphatic rings. The molecule has 0 radical (unpaired) electrons. The molecule has 0 aromatic heterocycles. The van der Waals surface area contributed by atoms with Crippen molar-refractivity contribution in [1.82, 2.24) is 0 Å². The van der Waals surface area contributed by atoms with Crippen LogP contribution in [0.1, 0.15) is 73.1 Å². The summed E-state index contributed by atoms with van der Waals surface area (Å²) >= 11 is 14.4. The molecule has 8 nitrogen and oxygen atoms in total. The van der Waals surface area contributed by atoms with Gasteiger partial charge in [-0.2, -0.15) is 19.2 Å². The maximum absolute atomic E-state index is 11.8. The first kappa shape index (κ1) is 42.9. The average Bonchev–Trinajstić information content (AvgIpc) is 3.15. The van der Waals surface area contributed by atoms with Crippen molar-refractivity contribution < 1.29 is 38.2 Å². The molecule has 0 aromatic rings. The van der Waals surface area contributed by atoms with E-state index >= 15 is 0 Å². The van der Waals surface area contributed by atoms with Crippen LogP contribution in [0.3, 0.4) is 0 Å². The second-order valence-electron chi connectivity index (χ2n) is 8.05.